The van der Waals surface area contributed by atoms with E-state index in [1.54, 1.807) is 0 Å². The fourth-order valence-corrected chi connectivity index (χ4v) is 4.04. The highest BCUT2D eigenvalue weighted by Gasteiger charge is 2.21. The molecule has 3 rings (SSSR count). The molecule has 0 radical (unpaired) electrons. The maximum Gasteiger partial charge on any atom is 0.169 e. The van der Waals surface area contributed by atoms with Crippen LogP contribution in [0.1, 0.15) is 23.4 Å². The van der Waals surface area contributed by atoms with Crippen LogP contribution in [-0.4, -0.2) is 83.0 Å². The van der Waals surface area contributed by atoms with Gasteiger partial charge < -0.3 is 15.1 Å². The third-order valence-corrected chi connectivity index (χ3v) is 5.94. The molecule has 1 aromatic heterocycles. The Bertz CT molecular complexity index is 793. The minimum atomic E-state index is 0.896. The van der Waals surface area contributed by atoms with Gasteiger partial charge in [-0.2, -0.15) is 5.10 Å². The van der Waals surface area contributed by atoms with Crippen LogP contribution in [0.25, 0.3) is 5.69 Å². The van der Waals surface area contributed by atoms with Gasteiger partial charge in [-0.15, -0.1) is 0 Å². The maximum absolute atomic E-state index is 5.59. The number of nitrogens with zero attached hydrogens (tertiary/aromatic N) is 5. The number of aromatic nitrogens is 2. The van der Waals surface area contributed by atoms with E-state index in [1.165, 1.54) is 11.3 Å². The number of aryl methyl sites for hydroxylation is 1. The third-order valence-electron chi connectivity index (χ3n) is 5.54. The molecule has 29 heavy (non-hydrogen) atoms. The van der Waals surface area contributed by atoms with Gasteiger partial charge in [0.15, 0.2) is 5.11 Å². The van der Waals surface area contributed by atoms with Gasteiger partial charge in [-0.05, 0) is 65.3 Å². The number of benzene rings is 1. The van der Waals surface area contributed by atoms with Gasteiger partial charge in [0, 0.05) is 50.5 Å². The Morgan fingerprint density at radius 2 is 1.79 bits per heavy atom. The minimum absolute atomic E-state index is 0.896. The van der Waals surface area contributed by atoms with Gasteiger partial charge in [0.25, 0.3) is 0 Å². The lowest BCUT2D eigenvalue weighted by Gasteiger charge is -2.36. The molecule has 0 aliphatic carbocycles. The van der Waals surface area contributed by atoms with Crippen LogP contribution >= 0.6 is 12.2 Å². The van der Waals surface area contributed by atoms with E-state index in [4.69, 9.17) is 17.3 Å². The summed E-state index contributed by atoms with van der Waals surface area (Å²) in [6, 6.07) is 10.4. The predicted molar refractivity (Wildman–Crippen MR) is 124 cm³/mol. The van der Waals surface area contributed by atoms with E-state index in [0.29, 0.717) is 0 Å². The Balaban J connectivity index is 1.51. The monoisotopic (exact) mass is 414 g/mol. The van der Waals surface area contributed by atoms with E-state index in [0.717, 1.165) is 68.7 Å². The minimum Gasteiger partial charge on any atom is -0.363 e. The molecule has 1 aromatic carbocycles. The first-order valence-electron chi connectivity index (χ1n) is 10.5. The summed E-state index contributed by atoms with van der Waals surface area (Å²) in [4.78, 5) is 7.01. The van der Waals surface area contributed by atoms with Crippen LogP contribution < -0.4 is 5.32 Å². The molecule has 1 aliphatic heterocycles. The fourth-order valence-electron chi connectivity index (χ4n) is 3.76. The lowest BCUT2D eigenvalue weighted by Crippen LogP contribution is -2.51. The molecule has 7 heteroatoms. The lowest BCUT2D eigenvalue weighted by atomic mass is 10.1. The van der Waals surface area contributed by atoms with Crippen molar-refractivity contribution in [1.29, 1.82) is 0 Å². The summed E-state index contributed by atoms with van der Waals surface area (Å²) in [5.41, 5.74) is 4.81. The number of nitrogens with one attached hydrogen (secondary N) is 1. The second kappa shape index (κ2) is 10.2. The van der Waals surface area contributed by atoms with Crippen LogP contribution in [-0.2, 0) is 6.54 Å². The van der Waals surface area contributed by atoms with Crippen molar-refractivity contribution in [3.8, 4) is 5.69 Å². The van der Waals surface area contributed by atoms with Crippen molar-refractivity contribution in [2.75, 3.05) is 53.4 Å². The standard InChI is InChI=1S/C22H34N6S/c1-18-21(19(2)28(24-18)20-9-6-5-7-10-20)17-26-13-15-27(16-14-26)22(29)23-11-8-12-25(3)4/h5-7,9-10H,8,11-17H2,1-4H3,(H,23,29). The molecule has 0 bridgehead atoms. The zero-order valence-electron chi connectivity index (χ0n) is 18.2. The van der Waals surface area contributed by atoms with Gasteiger partial charge in [-0.1, -0.05) is 18.2 Å². The van der Waals surface area contributed by atoms with Crippen molar-refractivity contribution in [2.24, 2.45) is 0 Å². The van der Waals surface area contributed by atoms with Crippen LogP contribution in [0.3, 0.4) is 0 Å². The highest BCUT2D eigenvalue weighted by Crippen LogP contribution is 2.20. The molecule has 2 heterocycles. The van der Waals surface area contributed by atoms with Crippen molar-refractivity contribution in [3.05, 3.63) is 47.3 Å². The van der Waals surface area contributed by atoms with Crippen LogP contribution in [0.5, 0.6) is 0 Å². The Hall–Kier alpha value is -1.96. The van der Waals surface area contributed by atoms with Gasteiger partial charge >= 0.3 is 0 Å². The molecule has 1 fully saturated rings. The number of para-hydroxylation sites is 1. The molecule has 1 saturated heterocycles. The molecule has 158 valence electrons. The van der Waals surface area contributed by atoms with E-state index in [2.05, 4.69) is 76.9 Å². The first kappa shape index (κ1) is 21.7. The molecule has 0 spiro atoms. The van der Waals surface area contributed by atoms with Crippen molar-refractivity contribution in [3.63, 3.8) is 0 Å². The van der Waals surface area contributed by atoms with E-state index >= 15 is 0 Å². The zero-order chi connectivity index (χ0) is 20.8. The molecular formula is C22H34N6S. The first-order valence-corrected chi connectivity index (χ1v) is 10.9. The van der Waals surface area contributed by atoms with E-state index in [1.807, 2.05) is 6.07 Å². The summed E-state index contributed by atoms with van der Waals surface area (Å²) in [5, 5.41) is 9.10. The molecule has 0 unspecified atom stereocenters. The van der Waals surface area contributed by atoms with Crippen molar-refractivity contribution in [1.82, 2.24) is 29.8 Å². The molecule has 1 N–H and O–H groups in total. The molecule has 0 amide bonds. The van der Waals surface area contributed by atoms with E-state index in [-0.39, 0.29) is 0 Å². The van der Waals surface area contributed by atoms with Crippen LogP contribution in [0.15, 0.2) is 30.3 Å². The predicted octanol–water partition coefficient (Wildman–Crippen LogP) is 2.43. The number of rotatable bonds is 7. The highest BCUT2D eigenvalue weighted by molar-refractivity contribution is 7.80. The van der Waals surface area contributed by atoms with Crippen LogP contribution in [0, 0.1) is 13.8 Å². The topological polar surface area (TPSA) is 39.6 Å². The summed E-state index contributed by atoms with van der Waals surface area (Å²) in [5.74, 6) is 0. The van der Waals surface area contributed by atoms with Gasteiger partial charge in [-0.3, -0.25) is 4.90 Å². The first-order chi connectivity index (χ1) is 14.0. The zero-order valence-corrected chi connectivity index (χ0v) is 19.0. The average Bonchev–Trinajstić information content (AvgIpc) is 3.00. The molecule has 6 nitrogen and oxygen atoms in total. The number of hydrogen-bond donors (Lipinski definition) is 1. The third kappa shape index (κ3) is 5.78. The molecule has 0 atom stereocenters. The van der Waals surface area contributed by atoms with E-state index < -0.39 is 0 Å². The van der Waals surface area contributed by atoms with Crippen LogP contribution in [0.4, 0.5) is 0 Å². The maximum atomic E-state index is 5.59. The van der Waals surface area contributed by atoms with Crippen molar-refractivity contribution >= 4 is 17.3 Å². The molecule has 1 aliphatic rings. The Kier molecular flexibility index (Phi) is 7.64. The summed E-state index contributed by atoms with van der Waals surface area (Å²) in [6.45, 7) is 11.3. The Morgan fingerprint density at radius 3 is 2.45 bits per heavy atom. The van der Waals surface area contributed by atoms with Crippen molar-refractivity contribution < 1.29 is 0 Å². The summed E-state index contributed by atoms with van der Waals surface area (Å²) in [7, 11) is 4.20. The summed E-state index contributed by atoms with van der Waals surface area (Å²) >= 11 is 5.59. The average molecular weight is 415 g/mol. The second-order valence-corrected chi connectivity index (χ2v) is 8.44. The molecular weight excluding hydrogens is 380 g/mol. The van der Waals surface area contributed by atoms with Crippen molar-refractivity contribution in [2.45, 2.75) is 26.8 Å². The number of hydrogen-bond acceptors (Lipinski definition) is 4. The molecule has 2 aromatic rings. The SMILES string of the molecule is Cc1nn(-c2ccccc2)c(C)c1CN1CCN(C(=S)NCCCN(C)C)CC1. The van der Waals surface area contributed by atoms with Gasteiger partial charge in [-0.25, -0.2) is 4.68 Å². The largest absolute Gasteiger partial charge is 0.363 e. The fraction of sp³-hybridized carbons (Fsp3) is 0.545. The summed E-state index contributed by atoms with van der Waals surface area (Å²) in [6.07, 6.45) is 1.11. The summed E-state index contributed by atoms with van der Waals surface area (Å²) < 4.78 is 2.06. The lowest BCUT2D eigenvalue weighted by molar-refractivity contribution is 0.174. The normalized spacial score (nSPS) is 15.1. The number of piperazine rings is 1. The molecule has 0 saturated carbocycles. The van der Waals surface area contributed by atoms with E-state index in [9.17, 15) is 0 Å². The Labute approximate surface area is 180 Å². The van der Waals surface area contributed by atoms with Crippen LogP contribution in [0.2, 0.25) is 0 Å². The number of thiocarbonyl (C=S) groups is 1. The Morgan fingerprint density at radius 1 is 1.10 bits per heavy atom. The quantitative estimate of drug-likeness (QED) is 0.554. The second-order valence-electron chi connectivity index (χ2n) is 8.05. The smallest absolute Gasteiger partial charge is 0.169 e. The van der Waals surface area contributed by atoms with Gasteiger partial charge in [0.05, 0.1) is 11.4 Å². The van der Waals surface area contributed by atoms with Gasteiger partial charge in [0.1, 0.15) is 0 Å². The highest BCUT2D eigenvalue weighted by atomic mass is 32.1. The van der Waals surface area contributed by atoms with Gasteiger partial charge in [0.2, 0.25) is 0 Å².